The molecule has 0 saturated heterocycles. The third-order valence-corrected chi connectivity index (χ3v) is 3.34. The van der Waals surface area contributed by atoms with E-state index in [4.69, 9.17) is 0 Å². The Kier molecular flexibility index (Phi) is 2.74. The van der Waals surface area contributed by atoms with E-state index < -0.39 is 0 Å². The van der Waals surface area contributed by atoms with Crippen LogP contribution >= 0.6 is 0 Å². The highest BCUT2D eigenvalue weighted by Gasteiger charge is 2.22. The number of hydrogen-bond donors (Lipinski definition) is 1. The molecule has 92 valence electrons. The summed E-state index contributed by atoms with van der Waals surface area (Å²) in [5.41, 5.74) is 2.56. The van der Waals surface area contributed by atoms with Crippen LogP contribution in [0.2, 0.25) is 0 Å². The number of rotatable bonds is 3. The predicted octanol–water partition coefficient (Wildman–Crippen LogP) is 2.68. The maximum absolute atomic E-state index is 12.2. The van der Waals surface area contributed by atoms with Gasteiger partial charge >= 0.3 is 0 Å². The van der Waals surface area contributed by atoms with Crippen molar-refractivity contribution in [3.8, 4) is 0 Å². The molecule has 1 fully saturated rings. The number of nitrogens with zero attached hydrogens (tertiary/aromatic N) is 1. The molecule has 0 radical (unpaired) electrons. The van der Waals surface area contributed by atoms with Gasteiger partial charge in [-0.15, -0.1) is 0 Å². The maximum atomic E-state index is 12.2. The topological polar surface area (TPSA) is 42.0 Å². The molecule has 1 amide bonds. The Morgan fingerprint density at radius 1 is 1.44 bits per heavy atom. The maximum Gasteiger partial charge on any atom is 0.253 e. The number of benzene rings is 1. The molecule has 1 aliphatic carbocycles. The number of carbonyl (C=O) groups is 1. The molecule has 3 rings (SSSR count). The quantitative estimate of drug-likeness (QED) is 0.896. The van der Waals surface area contributed by atoms with Crippen molar-refractivity contribution in [2.24, 2.45) is 5.92 Å². The van der Waals surface area contributed by atoms with Crippen LogP contribution in [-0.4, -0.2) is 17.4 Å². The van der Waals surface area contributed by atoms with Crippen molar-refractivity contribution in [1.29, 1.82) is 0 Å². The molecule has 3 nitrogen and oxygen atoms in total. The van der Waals surface area contributed by atoms with Gasteiger partial charge in [-0.3, -0.25) is 9.78 Å². The number of nitrogens with one attached hydrogen (secondary N) is 1. The molecule has 1 N–H and O–H groups in total. The zero-order valence-electron chi connectivity index (χ0n) is 10.4. The molecule has 3 heteroatoms. The zero-order chi connectivity index (χ0) is 12.5. The minimum atomic E-state index is -0.00528. The molecular formula is C15H16N2O. The lowest BCUT2D eigenvalue weighted by atomic mass is 10.1. The van der Waals surface area contributed by atoms with Gasteiger partial charge in [0.25, 0.3) is 5.91 Å². The summed E-state index contributed by atoms with van der Waals surface area (Å²) in [6.07, 6.45) is 4.22. The smallest absolute Gasteiger partial charge is 0.253 e. The van der Waals surface area contributed by atoms with Crippen molar-refractivity contribution in [2.75, 3.05) is 6.54 Å². The lowest BCUT2D eigenvalue weighted by Crippen LogP contribution is -2.26. The zero-order valence-corrected chi connectivity index (χ0v) is 10.4. The summed E-state index contributed by atoms with van der Waals surface area (Å²) in [7, 11) is 0. The van der Waals surface area contributed by atoms with Gasteiger partial charge in [-0.05, 0) is 49.4 Å². The van der Waals surface area contributed by atoms with Crippen molar-refractivity contribution in [1.82, 2.24) is 10.3 Å². The second-order valence-corrected chi connectivity index (χ2v) is 5.04. The molecule has 1 saturated carbocycles. The fourth-order valence-electron chi connectivity index (χ4n) is 2.17. The Bertz CT molecular complexity index is 602. The number of pyridine rings is 1. The second kappa shape index (κ2) is 4.41. The number of hydrogen-bond acceptors (Lipinski definition) is 2. The van der Waals surface area contributed by atoms with Crippen LogP contribution in [0.5, 0.6) is 0 Å². The first-order valence-electron chi connectivity index (χ1n) is 6.37. The fourth-order valence-corrected chi connectivity index (χ4v) is 2.17. The van der Waals surface area contributed by atoms with E-state index in [-0.39, 0.29) is 5.91 Å². The van der Waals surface area contributed by atoms with E-state index in [1.54, 1.807) is 6.20 Å². The minimum absolute atomic E-state index is 0.00528. The van der Waals surface area contributed by atoms with Gasteiger partial charge in [-0.1, -0.05) is 6.07 Å². The molecular weight excluding hydrogens is 224 g/mol. The summed E-state index contributed by atoms with van der Waals surface area (Å²) >= 11 is 0. The van der Waals surface area contributed by atoms with E-state index >= 15 is 0 Å². The highest BCUT2D eigenvalue weighted by molar-refractivity contribution is 6.05. The molecule has 1 aromatic heterocycles. The first kappa shape index (κ1) is 11.2. The van der Waals surface area contributed by atoms with Crippen LogP contribution in [0.15, 0.2) is 30.5 Å². The number of fused-ring (bicyclic) bond motifs is 1. The summed E-state index contributed by atoms with van der Waals surface area (Å²) in [5.74, 6) is 0.687. The molecule has 2 aromatic rings. The molecule has 0 spiro atoms. The van der Waals surface area contributed by atoms with Crippen molar-refractivity contribution in [2.45, 2.75) is 19.8 Å². The molecule has 0 unspecified atom stereocenters. The van der Waals surface area contributed by atoms with Gasteiger partial charge in [0.15, 0.2) is 0 Å². The van der Waals surface area contributed by atoms with Crippen molar-refractivity contribution >= 4 is 16.8 Å². The number of carbonyl (C=O) groups excluding carboxylic acids is 1. The van der Waals surface area contributed by atoms with E-state index in [0.29, 0.717) is 11.5 Å². The Morgan fingerprint density at radius 3 is 3.06 bits per heavy atom. The number of aromatic nitrogens is 1. The van der Waals surface area contributed by atoms with Crippen LogP contribution in [0.25, 0.3) is 10.9 Å². The van der Waals surface area contributed by atoms with Gasteiger partial charge in [-0.25, -0.2) is 0 Å². The highest BCUT2D eigenvalue weighted by Crippen LogP contribution is 2.27. The molecule has 1 aromatic carbocycles. The summed E-state index contributed by atoms with van der Waals surface area (Å²) in [6, 6.07) is 7.86. The molecule has 1 heterocycles. The third kappa shape index (κ3) is 2.21. The normalized spacial score (nSPS) is 14.7. The molecule has 0 atom stereocenters. The molecule has 0 bridgehead atoms. The molecule has 18 heavy (non-hydrogen) atoms. The van der Waals surface area contributed by atoms with E-state index in [0.717, 1.165) is 23.0 Å². The van der Waals surface area contributed by atoms with Crippen LogP contribution in [-0.2, 0) is 0 Å². The predicted molar refractivity (Wildman–Crippen MR) is 71.5 cm³/mol. The third-order valence-electron chi connectivity index (χ3n) is 3.34. The van der Waals surface area contributed by atoms with Gasteiger partial charge in [0.2, 0.25) is 0 Å². The summed E-state index contributed by atoms with van der Waals surface area (Å²) in [4.78, 5) is 16.5. The summed E-state index contributed by atoms with van der Waals surface area (Å²) in [5, 5.41) is 4.02. The lowest BCUT2D eigenvalue weighted by molar-refractivity contribution is 0.0953. The average Bonchev–Trinajstić information content (AvgIpc) is 3.19. The second-order valence-electron chi connectivity index (χ2n) is 5.04. The van der Waals surface area contributed by atoms with Crippen molar-refractivity contribution < 1.29 is 4.79 Å². The van der Waals surface area contributed by atoms with Crippen LogP contribution < -0.4 is 5.32 Å². The van der Waals surface area contributed by atoms with Gasteiger partial charge < -0.3 is 5.32 Å². The van der Waals surface area contributed by atoms with Gasteiger partial charge in [0.05, 0.1) is 11.1 Å². The highest BCUT2D eigenvalue weighted by atomic mass is 16.1. The number of amides is 1. The van der Waals surface area contributed by atoms with Crippen molar-refractivity contribution in [3.05, 3.63) is 41.6 Å². The first-order chi connectivity index (χ1) is 8.74. The van der Waals surface area contributed by atoms with E-state index in [9.17, 15) is 4.79 Å². The van der Waals surface area contributed by atoms with Crippen LogP contribution in [0.1, 0.15) is 28.8 Å². The van der Waals surface area contributed by atoms with E-state index in [1.165, 1.54) is 12.8 Å². The average molecular weight is 240 g/mol. The van der Waals surface area contributed by atoms with Gasteiger partial charge in [0.1, 0.15) is 0 Å². The fraction of sp³-hybridized carbons (Fsp3) is 0.333. The Labute approximate surface area is 106 Å². The summed E-state index contributed by atoms with van der Waals surface area (Å²) in [6.45, 7) is 2.80. The van der Waals surface area contributed by atoms with Crippen LogP contribution in [0.3, 0.4) is 0 Å². The van der Waals surface area contributed by atoms with Gasteiger partial charge in [0, 0.05) is 18.1 Å². The monoisotopic (exact) mass is 240 g/mol. The van der Waals surface area contributed by atoms with Gasteiger partial charge in [-0.2, -0.15) is 0 Å². The summed E-state index contributed by atoms with van der Waals surface area (Å²) < 4.78 is 0. The lowest BCUT2D eigenvalue weighted by Gasteiger charge is -2.08. The minimum Gasteiger partial charge on any atom is -0.352 e. The SMILES string of the molecule is Cc1cc(C(=O)NCC2CC2)c2ncccc2c1. The first-order valence-corrected chi connectivity index (χ1v) is 6.37. The van der Waals surface area contributed by atoms with Crippen molar-refractivity contribution in [3.63, 3.8) is 0 Å². The van der Waals surface area contributed by atoms with E-state index in [2.05, 4.69) is 16.4 Å². The Hall–Kier alpha value is -1.90. The molecule has 0 aliphatic heterocycles. The largest absolute Gasteiger partial charge is 0.352 e. The van der Waals surface area contributed by atoms with Crippen LogP contribution in [0.4, 0.5) is 0 Å². The Balaban J connectivity index is 1.95. The number of aryl methyl sites for hydroxylation is 1. The standard InChI is InChI=1S/C15H16N2O/c1-10-7-12-3-2-6-16-14(12)13(8-10)15(18)17-9-11-4-5-11/h2-3,6-8,11H,4-5,9H2,1H3,(H,17,18). The Morgan fingerprint density at radius 2 is 2.28 bits per heavy atom. The molecule has 1 aliphatic rings. The van der Waals surface area contributed by atoms with E-state index in [1.807, 2.05) is 25.1 Å². The van der Waals surface area contributed by atoms with Crippen LogP contribution in [0, 0.1) is 12.8 Å².